The van der Waals surface area contributed by atoms with Crippen molar-refractivity contribution < 1.29 is 5.11 Å². The average Bonchev–Trinajstić information content (AvgIpc) is 3.18. The number of hydrogen-bond acceptors (Lipinski definition) is 3. The van der Waals surface area contributed by atoms with Crippen LogP contribution in [-0.2, 0) is 16.7 Å². The molecule has 3 N–H and O–H groups in total. The molecule has 0 saturated carbocycles. The van der Waals surface area contributed by atoms with Crippen LogP contribution < -0.4 is 10.6 Å². The molecule has 160 valence electrons. The maximum Gasteiger partial charge on any atom is 0.123 e. The number of hydrogen-bond donors (Lipinski definition) is 3. The van der Waals surface area contributed by atoms with Gasteiger partial charge < -0.3 is 5.11 Å². The molecule has 0 spiro atoms. The first-order valence-electron chi connectivity index (χ1n) is 11.1. The lowest BCUT2D eigenvalue weighted by Crippen LogP contribution is -2.56. The van der Waals surface area contributed by atoms with Crippen LogP contribution >= 0.6 is 0 Å². The molecular weight excluding hydrogens is 392 g/mol. The molecule has 1 aliphatic rings. The van der Waals surface area contributed by atoms with Gasteiger partial charge in [-0.05, 0) is 29.2 Å². The summed E-state index contributed by atoms with van der Waals surface area (Å²) >= 11 is 0. The molecule has 3 heteroatoms. The molecule has 5 rings (SSSR count). The first-order chi connectivity index (χ1) is 15.6. The van der Waals surface area contributed by atoms with E-state index in [4.69, 9.17) is 0 Å². The smallest absolute Gasteiger partial charge is 0.123 e. The van der Waals surface area contributed by atoms with Crippen LogP contribution in [0.1, 0.15) is 29.2 Å². The fourth-order valence-electron chi connectivity index (χ4n) is 5.25. The summed E-state index contributed by atoms with van der Waals surface area (Å²) in [6, 6.07) is 41.5. The lowest BCUT2D eigenvalue weighted by Gasteiger charge is -2.42. The monoisotopic (exact) mass is 420 g/mol. The molecule has 4 aromatic rings. The zero-order valence-electron chi connectivity index (χ0n) is 18.2. The van der Waals surface area contributed by atoms with Gasteiger partial charge in [-0.2, -0.15) is 0 Å². The van der Waals surface area contributed by atoms with Crippen LogP contribution in [0.4, 0.5) is 0 Å². The Morgan fingerprint density at radius 1 is 0.531 bits per heavy atom. The van der Waals surface area contributed by atoms with Gasteiger partial charge in [-0.1, -0.05) is 121 Å². The van der Waals surface area contributed by atoms with Crippen LogP contribution in [0.25, 0.3) is 0 Å². The molecule has 2 unspecified atom stereocenters. The first-order valence-corrected chi connectivity index (χ1v) is 11.1. The molecule has 0 radical (unpaired) electrons. The van der Waals surface area contributed by atoms with Crippen molar-refractivity contribution in [3.8, 4) is 0 Å². The minimum Gasteiger partial charge on any atom is -0.394 e. The summed E-state index contributed by atoms with van der Waals surface area (Å²) in [6.45, 7) is 2.11. The van der Waals surface area contributed by atoms with E-state index in [1.165, 1.54) is 0 Å². The molecule has 0 aliphatic carbocycles. The van der Waals surface area contributed by atoms with E-state index < -0.39 is 16.7 Å². The minimum atomic E-state index is -0.776. The summed E-state index contributed by atoms with van der Waals surface area (Å²) in [4.78, 5) is 0. The molecule has 0 aromatic heterocycles. The Kier molecular flexibility index (Phi) is 5.18. The normalized spacial score (nSPS) is 24.3. The molecule has 0 bridgehead atoms. The van der Waals surface area contributed by atoms with Crippen molar-refractivity contribution in [3.05, 3.63) is 144 Å². The SMILES string of the molecule is CC1(c2ccccc2)NC(c2ccccc2)(c2ccccc2)NC1(CO)c1ccccc1. The number of aliphatic hydroxyl groups is 1. The van der Waals surface area contributed by atoms with Gasteiger partial charge >= 0.3 is 0 Å². The molecule has 2 atom stereocenters. The Bertz CT molecular complexity index is 1130. The second-order valence-electron chi connectivity index (χ2n) is 8.65. The van der Waals surface area contributed by atoms with Crippen LogP contribution in [0, 0.1) is 0 Å². The van der Waals surface area contributed by atoms with E-state index in [9.17, 15) is 5.11 Å². The zero-order chi connectivity index (χ0) is 22.1. The van der Waals surface area contributed by atoms with Crippen molar-refractivity contribution in [1.82, 2.24) is 10.6 Å². The first kappa shape index (κ1) is 20.7. The fourth-order valence-corrected chi connectivity index (χ4v) is 5.25. The summed E-state index contributed by atoms with van der Waals surface area (Å²) in [5.74, 6) is 0. The summed E-state index contributed by atoms with van der Waals surface area (Å²) in [7, 11) is 0. The Labute approximate surface area is 189 Å². The summed E-state index contributed by atoms with van der Waals surface area (Å²) < 4.78 is 0. The fraction of sp³-hybridized carbons (Fsp3) is 0.172. The minimum absolute atomic E-state index is 0.0726. The standard InChI is InChI=1S/C29H28N2O/c1-27(23-14-6-2-7-15-23)28(22-32,24-16-8-3-9-17-24)31-29(30-27,25-18-10-4-11-19-25)26-20-12-5-13-21-26/h2-21,30-32H,22H2,1H3. The Morgan fingerprint density at radius 3 is 1.31 bits per heavy atom. The molecule has 1 aliphatic heterocycles. The molecule has 1 saturated heterocycles. The number of nitrogens with one attached hydrogen (secondary N) is 2. The van der Waals surface area contributed by atoms with E-state index in [-0.39, 0.29) is 6.61 Å². The van der Waals surface area contributed by atoms with Gasteiger partial charge in [-0.3, -0.25) is 10.6 Å². The predicted octanol–water partition coefficient (Wildman–Crippen LogP) is 4.88. The highest BCUT2D eigenvalue weighted by atomic mass is 16.3. The Balaban J connectivity index is 1.82. The van der Waals surface area contributed by atoms with Gasteiger partial charge in [0, 0.05) is 0 Å². The van der Waals surface area contributed by atoms with Crippen molar-refractivity contribution in [2.75, 3.05) is 6.61 Å². The molecular formula is C29H28N2O. The number of benzene rings is 4. The van der Waals surface area contributed by atoms with Gasteiger partial charge in [-0.15, -0.1) is 0 Å². The van der Waals surface area contributed by atoms with Crippen molar-refractivity contribution in [2.24, 2.45) is 0 Å². The van der Waals surface area contributed by atoms with E-state index >= 15 is 0 Å². The van der Waals surface area contributed by atoms with Crippen molar-refractivity contribution in [1.29, 1.82) is 0 Å². The van der Waals surface area contributed by atoms with Crippen molar-refractivity contribution in [2.45, 2.75) is 23.7 Å². The van der Waals surface area contributed by atoms with Crippen LogP contribution in [-0.4, -0.2) is 11.7 Å². The van der Waals surface area contributed by atoms with Crippen LogP contribution in [0.2, 0.25) is 0 Å². The zero-order valence-corrected chi connectivity index (χ0v) is 18.2. The van der Waals surface area contributed by atoms with Gasteiger partial charge in [0.05, 0.1) is 17.7 Å². The maximum absolute atomic E-state index is 11.1. The van der Waals surface area contributed by atoms with Crippen LogP contribution in [0.5, 0.6) is 0 Å². The third-order valence-electron chi connectivity index (χ3n) is 6.96. The highest BCUT2D eigenvalue weighted by molar-refractivity contribution is 5.48. The number of rotatable bonds is 5. The van der Waals surface area contributed by atoms with Gasteiger partial charge in [0.15, 0.2) is 0 Å². The van der Waals surface area contributed by atoms with Gasteiger partial charge in [0.25, 0.3) is 0 Å². The predicted molar refractivity (Wildman–Crippen MR) is 129 cm³/mol. The lowest BCUT2D eigenvalue weighted by atomic mass is 9.71. The van der Waals surface area contributed by atoms with Gasteiger partial charge in [0.2, 0.25) is 0 Å². The topological polar surface area (TPSA) is 44.3 Å². The molecule has 3 nitrogen and oxygen atoms in total. The third kappa shape index (κ3) is 3.01. The van der Waals surface area contributed by atoms with Crippen LogP contribution in [0.3, 0.4) is 0 Å². The van der Waals surface area contributed by atoms with E-state index in [1.54, 1.807) is 0 Å². The van der Waals surface area contributed by atoms with E-state index in [0.29, 0.717) is 0 Å². The van der Waals surface area contributed by atoms with E-state index in [1.807, 2.05) is 36.4 Å². The quantitative estimate of drug-likeness (QED) is 0.431. The molecule has 1 fully saturated rings. The third-order valence-corrected chi connectivity index (χ3v) is 6.96. The number of aliphatic hydroxyl groups excluding tert-OH is 1. The Morgan fingerprint density at radius 2 is 0.906 bits per heavy atom. The molecule has 4 aromatic carbocycles. The summed E-state index contributed by atoms with van der Waals surface area (Å²) in [5.41, 5.74) is 2.25. The second-order valence-corrected chi connectivity index (χ2v) is 8.65. The van der Waals surface area contributed by atoms with Gasteiger partial charge in [-0.25, -0.2) is 0 Å². The molecule has 1 heterocycles. The average molecular weight is 421 g/mol. The Hall–Kier alpha value is -3.24. The summed E-state index contributed by atoms with van der Waals surface area (Å²) in [6.07, 6.45) is 0. The van der Waals surface area contributed by atoms with E-state index in [0.717, 1.165) is 22.3 Å². The second kappa shape index (κ2) is 8.03. The maximum atomic E-state index is 11.1. The van der Waals surface area contributed by atoms with Crippen molar-refractivity contribution >= 4 is 0 Å². The van der Waals surface area contributed by atoms with Gasteiger partial charge in [0.1, 0.15) is 5.66 Å². The highest BCUT2D eigenvalue weighted by Crippen LogP contribution is 2.51. The van der Waals surface area contributed by atoms with Crippen molar-refractivity contribution in [3.63, 3.8) is 0 Å². The van der Waals surface area contributed by atoms with E-state index in [2.05, 4.69) is 102 Å². The lowest BCUT2D eigenvalue weighted by molar-refractivity contribution is 0.113. The molecule has 0 amide bonds. The summed E-state index contributed by atoms with van der Waals surface area (Å²) in [5, 5.41) is 19.0. The van der Waals surface area contributed by atoms with Crippen LogP contribution in [0.15, 0.2) is 121 Å². The molecule has 32 heavy (non-hydrogen) atoms. The largest absolute Gasteiger partial charge is 0.394 e. The highest BCUT2D eigenvalue weighted by Gasteiger charge is 2.62.